The van der Waals surface area contributed by atoms with Crippen molar-refractivity contribution in [3.05, 3.63) is 17.7 Å². The van der Waals surface area contributed by atoms with Crippen LogP contribution in [-0.2, 0) is 0 Å². The van der Waals surface area contributed by atoms with Gasteiger partial charge >= 0.3 is 6.18 Å². The highest BCUT2D eigenvalue weighted by molar-refractivity contribution is 5.85. The van der Waals surface area contributed by atoms with Crippen LogP contribution in [-0.4, -0.2) is 58.6 Å². The van der Waals surface area contributed by atoms with E-state index in [0.717, 1.165) is 13.1 Å². The van der Waals surface area contributed by atoms with Gasteiger partial charge in [-0.3, -0.25) is 4.90 Å². The topological polar surface area (TPSA) is 43.0 Å². The van der Waals surface area contributed by atoms with Crippen LogP contribution in [0.25, 0.3) is 0 Å². The normalized spacial score (nSPS) is 16.5. The molecular formula is C17H26ClF3N2O3. The van der Waals surface area contributed by atoms with E-state index in [0.29, 0.717) is 35.9 Å². The number of nitrogens with one attached hydrogen (secondary N) is 1. The highest BCUT2D eigenvalue weighted by atomic mass is 35.5. The van der Waals surface area contributed by atoms with Crippen LogP contribution in [0.1, 0.15) is 24.4 Å². The average molecular weight is 399 g/mol. The van der Waals surface area contributed by atoms with E-state index in [2.05, 4.69) is 10.2 Å². The molecule has 1 aromatic rings. The second kappa shape index (κ2) is 10.1. The highest BCUT2D eigenvalue weighted by Crippen LogP contribution is 2.45. The smallest absolute Gasteiger partial charge is 0.389 e. The van der Waals surface area contributed by atoms with Crippen molar-refractivity contribution < 1.29 is 27.4 Å². The molecule has 9 heteroatoms. The van der Waals surface area contributed by atoms with Gasteiger partial charge in [0.25, 0.3) is 0 Å². The zero-order valence-electron chi connectivity index (χ0n) is 15.2. The minimum Gasteiger partial charge on any atom is -0.493 e. The summed E-state index contributed by atoms with van der Waals surface area (Å²) in [6, 6.07) is 3.07. The summed E-state index contributed by atoms with van der Waals surface area (Å²) in [7, 11) is 4.48. The average Bonchev–Trinajstić information content (AvgIpc) is 2.61. The van der Waals surface area contributed by atoms with Crippen LogP contribution in [0.3, 0.4) is 0 Å². The van der Waals surface area contributed by atoms with E-state index in [-0.39, 0.29) is 18.8 Å². The molecule has 1 atom stereocenters. The van der Waals surface area contributed by atoms with Crippen molar-refractivity contribution in [1.29, 1.82) is 0 Å². The van der Waals surface area contributed by atoms with Gasteiger partial charge in [0.2, 0.25) is 5.75 Å². The molecule has 1 fully saturated rings. The standard InChI is InChI=1S/C17H25F3N2O3.ClH/c1-23-14-5-4-12(15(24-2)16(14)25-3)13(6-7-17(18,19)20)22-10-8-21-9-11-22;/h4-5,13,21H,6-11H2,1-3H3;1H/t13-;/m0./s1. The molecule has 1 aliphatic heterocycles. The number of halogens is 4. The summed E-state index contributed by atoms with van der Waals surface area (Å²) in [6.45, 7) is 2.86. The van der Waals surface area contributed by atoms with Crippen molar-refractivity contribution in [3.63, 3.8) is 0 Å². The minimum atomic E-state index is -4.20. The van der Waals surface area contributed by atoms with E-state index < -0.39 is 18.6 Å². The van der Waals surface area contributed by atoms with Gasteiger partial charge in [-0.1, -0.05) is 0 Å². The number of benzene rings is 1. The van der Waals surface area contributed by atoms with Crippen molar-refractivity contribution in [3.8, 4) is 17.2 Å². The van der Waals surface area contributed by atoms with Crippen LogP contribution < -0.4 is 19.5 Å². The Hall–Kier alpha value is -1.38. The third-order valence-electron chi connectivity index (χ3n) is 4.39. The third kappa shape index (κ3) is 5.56. The van der Waals surface area contributed by atoms with Crippen LogP contribution >= 0.6 is 12.4 Å². The van der Waals surface area contributed by atoms with E-state index in [1.54, 1.807) is 12.1 Å². The number of piperazine rings is 1. The maximum atomic E-state index is 12.8. The van der Waals surface area contributed by atoms with Gasteiger partial charge in [0.15, 0.2) is 11.5 Å². The Labute approximate surface area is 158 Å². The van der Waals surface area contributed by atoms with Crippen molar-refractivity contribution in [2.24, 2.45) is 0 Å². The molecule has 1 aliphatic rings. The number of nitrogens with zero attached hydrogens (tertiary/aromatic N) is 1. The zero-order chi connectivity index (χ0) is 18.4. The van der Waals surface area contributed by atoms with Crippen molar-refractivity contribution in [1.82, 2.24) is 10.2 Å². The second-order valence-corrected chi connectivity index (χ2v) is 5.88. The number of methoxy groups -OCH3 is 3. The van der Waals surface area contributed by atoms with Crippen LogP contribution in [0.2, 0.25) is 0 Å². The summed E-state index contributed by atoms with van der Waals surface area (Å²) in [5.74, 6) is 1.31. The Bertz CT molecular complexity index is 567. The summed E-state index contributed by atoms with van der Waals surface area (Å²) in [6.07, 6.45) is -5.08. The Kier molecular flexibility index (Phi) is 8.79. The molecule has 0 unspecified atom stereocenters. The maximum Gasteiger partial charge on any atom is 0.389 e. The van der Waals surface area contributed by atoms with Gasteiger partial charge in [-0.25, -0.2) is 0 Å². The van der Waals surface area contributed by atoms with Gasteiger partial charge in [0.1, 0.15) is 0 Å². The summed E-state index contributed by atoms with van der Waals surface area (Å²) in [5.41, 5.74) is 0.686. The van der Waals surface area contributed by atoms with Crippen molar-refractivity contribution >= 4 is 12.4 Å². The quantitative estimate of drug-likeness (QED) is 0.762. The fourth-order valence-electron chi connectivity index (χ4n) is 3.22. The second-order valence-electron chi connectivity index (χ2n) is 5.88. The van der Waals surface area contributed by atoms with Crippen molar-refractivity contribution in [2.45, 2.75) is 25.1 Å². The van der Waals surface area contributed by atoms with Crippen LogP contribution in [0.5, 0.6) is 17.2 Å². The summed E-state index contributed by atoms with van der Waals surface area (Å²) in [5, 5.41) is 3.22. The molecule has 26 heavy (non-hydrogen) atoms. The molecule has 1 heterocycles. The summed E-state index contributed by atoms with van der Waals surface area (Å²) < 4.78 is 54.6. The molecule has 2 rings (SSSR count). The Morgan fingerprint density at radius 2 is 1.65 bits per heavy atom. The molecule has 150 valence electrons. The molecule has 1 aromatic carbocycles. The first-order valence-corrected chi connectivity index (χ1v) is 8.21. The first kappa shape index (κ1) is 22.7. The van der Waals surface area contributed by atoms with Crippen LogP contribution in [0, 0.1) is 0 Å². The lowest BCUT2D eigenvalue weighted by Crippen LogP contribution is -2.45. The molecule has 0 spiro atoms. The monoisotopic (exact) mass is 398 g/mol. The van der Waals surface area contributed by atoms with E-state index in [1.165, 1.54) is 21.3 Å². The lowest BCUT2D eigenvalue weighted by Gasteiger charge is -2.36. The molecule has 0 aromatic heterocycles. The molecular weight excluding hydrogens is 373 g/mol. The third-order valence-corrected chi connectivity index (χ3v) is 4.39. The number of ether oxygens (including phenoxy) is 3. The SMILES string of the molecule is COc1ccc([C@H](CCC(F)(F)F)N2CCNCC2)c(OC)c1OC.Cl. The van der Waals surface area contributed by atoms with Gasteiger partial charge in [-0.15, -0.1) is 12.4 Å². The molecule has 0 bridgehead atoms. The van der Waals surface area contributed by atoms with Gasteiger partial charge in [-0.05, 0) is 18.6 Å². The molecule has 5 nitrogen and oxygen atoms in total. The van der Waals surface area contributed by atoms with Crippen LogP contribution in [0.4, 0.5) is 13.2 Å². The predicted molar refractivity (Wildman–Crippen MR) is 95.8 cm³/mol. The van der Waals surface area contributed by atoms with Crippen LogP contribution in [0.15, 0.2) is 12.1 Å². The molecule has 0 amide bonds. The molecule has 0 aliphatic carbocycles. The fourth-order valence-corrected chi connectivity index (χ4v) is 3.22. The van der Waals surface area contributed by atoms with E-state index in [1.807, 2.05) is 0 Å². The first-order valence-electron chi connectivity index (χ1n) is 8.21. The molecule has 1 saturated heterocycles. The lowest BCUT2D eigenvalue weighted by atomic mass is 9.97. The number of rotatable bonds is 7. The van der Waals surface area contributed by atoms with Crippen molar-refractivity contribution in [2.75, 3.05) is 47.5 Å². The van der Waals surface area contributed by atoms with Gasteiger partial charge < -0.3 is 19.5 Å². The number of alkyl halides is 3. The Balaban J connectivity index is 0.00000338. The lowest BCUT2D eigenvalue weighted by molar-refractivity contribution is -0.138. The minimum absolute atomic E-state index is 0. The molecule has 0 radical (unpaired) electrons. The fraction of sp³-hybridized carbons (Fsp3) is 0.647. The van der Waals surface area contributed by atoms with Gasteiger partial charge in [0.05, 0.1) is 21.3 Å². The zero-order valence-corrected chi connectivity index (χ0v) is 16.0. The van der Waals surface area contributed by atoms with E-state index in [4.69, 9.17) is 14.2 Å². The Morgan fingerprint density at radius 1 is 1.04 bits per heavy atom. The highest BCUT2D eigenvalue weighted by Gasteiger charge is 2.33. The van der Waals surface area contributed by atoms with Gasteiger partial charge in [0, 0.05) is 44.2 Å². The maximum absolute atomic E-state index is 12.8. The van der Waals surface area contributed by atoms with Gasteiger partial charge in [-0.2, -0.15) is 13.2 Å². The first-order chi connectivity index (χ1) is 11.9. The largest absolute Gasteiger partial charge is 0.493 e. The van der Waals surface area contributed by atoms with E-state index in [9.17, 15) is 13.2 Å². The molecule has 1 N–H and O–H groups in total. The number of hydrogen-bond acceptors (Lipinski definition) is 5. The summed E-state index contributed by atoms with van der Waals surface area (Å²) >= 11 is 0. The number of hydrogen-bond donors (Lipinski definition) is 1. The van der Waals surface area contributed by atoms with E-state index >= 15 is 0 Å². The predicted octanol–water partition coefficient (Wildman–Crippen LogP) is 3.42. The molecule has 0 saturated carbocycles. The Morgan fingerprint density at radius 3 is 2.15 bits per heavy atom. The summed E-state index contributed by atoms with van der Waals surface area (Å²) in [4.78, 5) is 2.06.